The molecule has 0 unspecified atom stereocenters. The second-order valence-electron chi connectivity index (χ2n) is 6.78. The molecule has 6 nitrogen and oxygen atoms in total. The van der Waals surface area contributed by atoms with Crippen LogP contribution >= 0.6 is 0 Å². The number of hydrogen-bond donors (Lipinski definition) is 1. The molecule has 0 aromatic heterocycles. The van der Waals surface area contributed by atoms with Crippen LogP contribution in [0.15, 0.2) is 47.4 Å². The lowest BCUT2D eigenvalue weighted by molar-refractivity contribution is -0.128. The molecule has 0 bridgehead atoms. The third kappa shape index (κ3) is 4.84. The Hall–Kier alpha value is -2.45. The normalized spacial score (nSPS) is 12.1. The van der Waals surface area contributed by atoms with E-state index in [0.717, 1.165) is 4.31 Å². The Labute approximate surface area is 159 Å². The third-order valence-electron chi connectivity index (χ3n) is 3.97. The summed E-state index contributed by atoms with van der Waals surface area (Å²) >= 11 is 0. The first kappa shape index (κ1) is 20.9. The van der Waals surface area contributed by atoms with E-state index in [1.165, 1.54) is 50.5 Å². The third-order valence-corrected chi connectivity index (χ3v) is 5.78. The molecular formula is C19H23FN2O4S. The predicted molar refractivity (Wildman–Crippen MR) is 102 cm³/mol. The molecular weight excluding hydrogens is 371 g/mol. The molecule has 0 heterocycles. The topological polar surface area (TPSA) is 75.7 Å². The van der Waals surface area contributed by atoms with Gasteiger partial charge in [0.15, 0.2) is 5.60 Å². The van der Waals surface area contributed by atoms with Gasteiger partial charge in [0.25, 0.3) is 5.91 Å². The number of nitrogens with one attached hydrogen (secondary N) is 1. The maximum atomic E-state index is 13.0. The van der Waals surface area contributed by atoms with E-state index >= 15 is 0 Å². The average Bonchev–Trinajstić information content (AvgIpc) is 2.58. The van der Waals surface area contributed by atoms with E-state index in [-0.39, 0.29) is 4.90 Å². The van der Waals surface area contributed by atoms with Crippen LogP contribution in [0.2, 0.25) is 0 Å². The first-order chi connectivity index (χ1) is 12.4. The molecule has 0 aliphatic heterocycles. The number of hydrogen-bond acceptors (Lipinski definition) is 4. The average molecular weight is 394 g/mol. The summed E-state index contributed by atoms with van der Waals surface area (Å²) in [7, 11) is -0.750. The van der Waals surface area contributed by atoms with Gasteiger partial charge in [0.1, 0.15) is 11.6 Å². The molecule has 146 valence electrons. The van der Waals surface area contributed by atoms with Crippen LogP contribution in [0.3, 0.4) is 0 Å². The number of carbonyl (C=O) groups excluding carboxylic acids is 1. The second-order valence-corrected chi connectivity index (χ2v) is 8.94. The van der Waals surface area contributed by atoms with Crippen molar-refractivity contribution < 1.29 is 22.3 Å². The monoisotopic (exact) mass is 394 g/mol. The zero-order valence-electron chi connectivity index (χ0n) is 15.9. The lowest BCUT2D eigenvalue weighted by atomic mass is 10.1. The molecule has 0 saturated heterocycles. The zero-order valence-corrected chi connectivity index (χ0v) is 16.7. The van der Waals surface area contributed by atoms with Crippen molar-refractivity contribution in [3.05, 3.63) is 53.8 Å². The minimum absolute atomic E-state index is 0.0747. The zero-order chi connectivity index (χ0) is 20.4. The lowest BCUT2D eigenvalue weighted by Gasteiger charge is -2.26. The molecule has 2 rings (SSSR count). The van der Waals surface area contributed by atoms with Crippen LogP contribution < -0.4 is 10.1 Å². The molecule has 2 aromatic rings. The van der Waals surface area contributed by atoms with E-state index in [4.69, 9.17) is 4.74 Å². The van der Waals surface area contributed by atoms with Crippen molar-refractivity contribution in [3.8, 4) is 5.75 Å². The van der Waals surface area contributed by atoms with Gasteiger partial charge in [-0.1, -0.05) is 6.07 Å². The minimum Gasteiger partial charge on any atom is -0.478 e. The van der Waals surface area contributed by atoms with Gasteiger partial charge >= 0.3 is 0 Å². The molecule has 27 heavy (non-hydrogen) atoms. The molecule has 2 aromatic carbocycles. The summed E-state index contributed by atoms with van der Waals surface area (Å²) < 4.78 is 44.4. The number of anilines is 1. The fourth-order valence-corrected chi connectivity index (χ4v) is 3.15. The molecule has 0 fully saturated rings. The molecule has 0 spiro atoms. The largest absolute Gasteiger partial charge is 0.478 e. The van der Waals surface area contributed by atoms with Crippen LogP contribution in [0.4, 0.5) is 10.1 Å². The van der Waals surface area contributed by atoms with Gasteiger partial charge in [-0.05, 0) is 62.7 Å². The summed E-state index contributed by atoms with van der Waals surface area (Å²) in [6, 6.07) is 9.86. The van der Waals surface area contributed by atoms with Crippen molar-refractivity contribution in [1.82, 2.24) is 4.31 Å². The number of amides is 1. The standard InChI is InChI=1S/C19H23FN2O4S/c1-13-6-11-16(27(24,25)22(4)5)12-17(13)21-18(23)19(2,3)26-15-9-7-14(20)8-10-15/h6-12H,1-5H3,(H,21,23). The number of benzene rings is 2. The Kier molecular flexibility index (Phi) is 5.91. The predicted octanol–water partition coefficient (Wildman–Crippen LogP) is 3.18. The Morgan fingerprint density at radius 2 is 1.70 bits per heavy atom. The van der Waals surface area contributed by atoms with E-state index in [2.05, 4.69) is 5.32 Å². The Bertz CT molecular complexity index is 939. The molecule has 1 amide bonds. The minimum atomic E-state index is -3.62. The molecule has 0 saturated carbocycles. The highest BCUT2D eigenvalue weighted by molar-refractivity contribution is 7.89. The second kappa shape index (κ2) is 7.66. The van der Waals surface area contributed by atoms with E-state index in [9.17, 15) is 17.6 Å². The van der Waals surface area contributed by atoms with Crippen molar-refractivity contribution in [2.75, 3.05) is 19.4 Å². The van der Waals surface area contributed by atoms with Crippen LogP contribution in [0, 0.1) is 12.7 Å². The van der Waals surface area contributed by atoms with Crippen LogP contribution in [0.1, 0.15) is 19.4 Å². The van der Waals surface area contributed by atoms with E-state index in [1.54, 1.807) is 26.8 Å². The van der Waals surface area contributed by atoms with Gasteiger partial charge < -0.3 is 10.1 Å². The maximum Gasteiger partial charge on any atom is 0.267 e. The maximum absolute atomic E-state index is 13.0. The summed E-state index contributed by atoms with van der Waals surface area (Å²) in [6.07, 6.45) is 0. The highest BCUT2D eigenvalue weighted by Crippen LogP contribution is 2.25. The van der Waals surface area contributed by atoms with Crippen LogP contribution in [0.25, 0.3) is 0 Å². The first-order valence-electron chi connectivity index (χ1n) is 8.23. The van der Waals surface area contributed by atoms with E-state index < -0.39 is 27.3 Å². The van der Waals surface area contributed by atoms with Gasteiger partial charge in [-0.3, -0.25) is 4.79 Å². The van der Waals surface area contributed by atoms with E-state index in [1.807, 2.05) is 0 Å². The van der Waals surface area contributed by atoms with Crippen LogP contribution in [-0.2, 0) is 14.8 Å². The molecule has 8 heteroatoms. The summed E-state index contributed by atoms with van der Waals surface area (Å²) in [4.78, 5) is 12.8. The number of ether oxygens (including phenoxy) is 1. The number of aryl methyl sites for hydroxylation is 1. The van der Waals surface area contributed by atoms with Gasteiger partial charge in [-0.15, -0.1) is 0 Å². The summed E-state index contributed by atoms with van der Waals surface area (Å²) in [5.74, 6) is -0.523. The first-order valence-corrected chi connectivity index (χ1v) is 9.67. The van der Waals surface area contributed by atoms with Crippen molar-refractivity contribution in [2.24, 2.45) is 0 Å². The van der Waals surface area contributed by atoms with Gasteiger partial charge in [-0.25, -0.2) is 17.1 Å². The fourth-order valence-electron chi connectivity index (χ4n) is 2.22. The van der Waals surface area contributed by atoms with Gasteiger partial charge in [0.2, 0.25) is 10.0 Å². The van der Waals surface area contributed by atoms with Crippen molar-refractivity contribution in [3.63, 3.8) is 0 Å². The highest BCUT2D eigenvalue weighted by Gasteiger charge is 2.31. The molecule has 0 atom stereocenters. The number of nitrogens with zero attached hydrogens (tertiary/aromatic N) is 1. The van der Waals surface area contributed by atoms with Crippen LogP contribution in [0.5, 0.6) is 5.75 Å². The summed E-state index contributed by atoms with van der Waals surface area (Å²) in [5.41, 5.74) is -0.182. The lowest BCUT2D eigenvalue weighted by Crippen LogP contribution is -2.42. The molecule has 0 aliphatic carbocycles. The number of sulfonamides is 1. The number of halogens is 1. The molecule has 1 N–H and O–H groups in total. The Morgan fingerprint density at radius 1 is 1.11 bits per heavy atom. The van der Waals surface area contributed by atoms with Crippen molar-refractivity contribution in [1.29, 1.82) is 0 Å². The number of rotatable bonds is 6. The quantitative estimate of drug-likeness (QED) is 0.817. The SMILES string of the molecule is Cc1ccc(S(=O)(=O)N(C)C)cc1NC(=O)C(C)(C)Oc1ccc(F)cc1. The number of carbonyl (C=O) groups is 1. The Balaban J connectivity index is 2.24. The Morgan fingerprint density at radius 3 is 2.26 bits per heavy atom. The van der Waals surface area contributed by atoms with Crippen molar-refractivity contribution >= 4 is 21.6 Å². The highest BCUT2D eigenvalue weighted by atomic mass is 32.2. The van der Waals surface area contributed by atoms with Gasteiger partial charge in [-0.2, -0.15) is 0 Å². The summed E-state index contributed by atoms with van der Waals surface area (Å²) in [5, 5.41) is 2.71. The van der Waals surface area contributed by atoms with Gasteiger partial charge in [0.05, 0.1) is 4.90 Å². The fraction of sp³-hybridized carbons (Fsp3) is 0.316. The van der Waals surface area contributed by atoms with Gasteiger partial charge in [0, 0.05) is 19.8 Å². The van der Waals surface area contributed by atoms with Crippen LogP contribution in [-0.4, -0.2) is 38.3 Å². The smallest absolute Gasteiger partial charge is 0.267 e. The van der Waals surface area contributed by atoms with E-state index in [0.29, 0.717) is 17.0 Å². The molecule has 0 radical (unpaired) electrons. The molecule has 0 aliphatic rings. The van der Waals surface area contributed by atoms with Crippen molar-refractivity contribution in [2.45, 2.75) is 31.3 Å². The summed E-state index contributed by atoms with van der Waals surface area (Å²) in [6.45, 7) is 4.90.